The number of methoxy groups -OCH3 is 1. The number of carbonyl (C=O) groups is 1. The number of nitrogens with zero attached hydrogens (tertiary/aromatic N) is 2. The minimum atomic E-state index is -0.333. The second-order valence-corrected chi connectivity index (χ2v) is 11.6. The normalized spacial score (nSPS) is 32.8. The average molecular weight is 472 g/mol. The molecule has 0 saturated heterocycles. The molecule has 30 heavy (non-hydrogen) atoms. The van der Waals surface area contributed by atoms with Gasteiger partial charge in [0.1, 0.15) is 17.6 Å². The van der Waals surface area contributed by atoms with E-state index in [1.54, 1.807) is 13.3 Å². The van der Waals surface area contributed by atoms with Gasteiger partial charge in [0.2, 0.25) is 5.91 Å². The number of halogens is 1. The standard InChI is InChI=1S/C24H30BrN3O2/c1-28-8-7-26-22(28)21(18-5-3-4-6-19(18)30-2)27-20(29)14-23-10-16-9-17(11-23)13-24(25,12-16)15-23/h3-8,16-17,21H,9-15H2,1-2H3,(H,27,29). The Balaban J connectivity index is 1.40. The van der Waals surface area contributed by atoms with Crippen molar-refractivity contribution < 1.29 is 9.53 Å². The van der Waals surface area contributed by atoms with Crippen molar-refractivity contribution in [1.82, 2.24) is 14.9 Å². The summed E-state index contributed by atoms with van der Waals surface area (Å²) < 4.78 is 7.83. The van der Waals surface area contributed by atoms with Gasteiger partial charge in [-0.1, -0.05) is 34.1 Å². The highest BCUT2D eigenvalue weighted by molar-refractivity contribution is 9.10. The molecule has 160 valence electrons. The lowest BCUT2D eigenvalue weighted by atomic mass is 9.48. The van der Waals surface area contributed by atoms with Gasteiger partial charge in [-0.3, -0.25) is 4.79 Å². The summed E-state index contributed by atoms with van der Waals surface area (Å²) in [7, 11) is 3.63. The van der Waals surface area contributed by atoms with Crippen molar-refractivity contribution in [2.75, 3.05) is 7.11 Å². The highest BCUT2D eigenvalue weighted by atomic mass is 79.9. The van der Waals surface area contributed by atoms with Gasteiger partial charge in [-0.05, 0) is 61.8 Å². The Morgan fingerprint density at radius 1 is 1.30 bits per heavy atom. The molecule has 5 nitrogen and oxygen atoms in total. The first-order chi connectivity index (χ1) is 14.4. The molecule has 6 heteroatoms. The molecule has 3 unspecified atom stereocenters. The maximum absolute atomic E-state index is 13.4. The van der Waals surface area contributed by atoms with Crippen molar-refractivity contribution in [3.05, 3.63) is 48.0 Å². The van der Waals surface area contributed by atoms with E-state index in [0.29, 0.717) is 6.42 Å². The zero-order valence-corrected chi connectivity index (χ0v) is 19.3. The van der Waals surface area contributed by atoms with Crippen LogP contribution < -0.4 is 10.1 Å². The molecular weight excluding hydrogens is 442 g/mol. The van der Waals surface area contributed by atoms with Crippen LogP contribution in [0.4, 0.5) is 0 Å². The van der Waals surface area contributed by atoms with E-state index < -0.39 is 0 Å². The van der Waals surface area contributed by atoms with Crippen LogP contribution in [0.1, 0.15) is 62.4 Å². The molecule has 4 aliphatic rings. The number of ether oxygens (including phenoxy) is 1. The molecule has 0 radical (unpaired) electrons. The van der Waals surface area contributed by atoms with Gasteiger partial charge in [-0.15, -0.1) is 0 Å². The highest BCUT2D eigenvalue weighted by Gasteiger charge is 2.57. The fourth-order valence-electron chi connectivity index (χ4n) is 6.94. The highest BCUT2D eigenvalue weighted by Crippen LogP contribution is 2.65. The molecule has 1 aromatic carbocycles. The molecule has 3 atom stereocenters. The van der Waals surface area contributed by atoms with Crippen molar-refractivity contribution in [1.29, 1.82) is 0 Å². The van der Waals surface area contributed by atoms with E-state index in [1.165, 1.54) is 32.1 Å². The first-order valence-corrected chi connectivity index (χ1v) is 11.8. The van der Waals surface area contributed by atoms with Crippen LogP contribution in [0, 0.1) is 17.3 Å². The van der Waals surface area contributed by atoms with Crippen molar-refractivity contribution in [3.63, 3.8) is 0 Å². The number of aryl methyl sites for hydroxylation is 1. The van der Waals surface area contributed by atoms with Crippen molar-refractivity contribution >= 4 is 21.8 Å². The molecule has 1 amide bonds. The Labute approximate surface area is 186 Å². The third kappa shape index (κ3) is 3.57. The fourth-order valence-corrected chi connectivity index (χ4v) is 8.45. The SMILES string of the molecule is COc1ccccc1C(NC(=O)CC12CC3CC(CC(Br)(C3)C1)C2)c1nccn1C. The number of rotatable bonds is 6. The summed E-state index contributed by atoms with van der Waals surface area (Å²) >= 11 is 4.07. The number of amides is 1. The lowest BCUT2D eigenvalue weighted by molar-refractivity contribution is -0.128. The summed E-state index contributed by atoms with van der Waals surface area (Å²) in [6.07, 6.45) is 11.7. The number of para-hydroxylation sites is 1. The van der Waals surface area contributed by atoms with Crippen LogP contribution >= 0.6 is 15.9 Å². The third-order valence-corrected chi connectivity index (χ3v) is 8.45. The topological polar surface area (TPSA) is 56.1 Å². The number of benzene rings is 1. The molecule has 4 aliphatic carbocycles. The molecule has 0 spiro atoms. The summed E-state index contributed by atoms with van der Waals surface area (Å²) in [5.41, 5.74) is 1.08. The predicted molar refractivity (Wildman–Crippen MR) is 120 cm³/mol. The van der Waals surface area contributed by atoms with E-state index in [4.69, 9.17) is 4.74 Å². The Kier molecular flexibility index (Phi) is 4.96. The van der Waals surface area contributed by atoms with Crippen molar-refractivity contribution in [3.8, 4) is 5.75 Å². The van der Waals surface area contributed by atoms with E-state index in [1.807, 2.05) is 42.1 Å². The zero-order valence-electron chi connectivity index (χ0n) is 17.7. The van der Waals surface area contributed by atoms with Crippen LogP contribution in [0.15, 0.2) is 36.7 Å². The van der Waals surface area contributed by atoms with Crippen molar-refractivity contribution in [2.45, 2.75) is 55.3 Å². The number of carbonyl (C=O) groups excluding carboxylic acids is 1. The van der Waals surface area contributed by atoms with Crippen LogP contribution in [0.3, 0.4) is 0 Å². The first kappa shape index (κ1) is 20.1. The van der Waals surface area contributed by atoms with Gasteiger partial charge in [0, 0.05) is 35.7 Å². The summed E-state index contributed by atoms with van der Waals surface area (Å²) in [5.74, 6) is 3.25. The number of hydrogen-bond acceptors (Lipinski definition) is 3. The van der Waals surface area contributed by atoms with Crippen molar-refractivity contribution in [2.24, 2.45) is 24.3 Å². The predicted octanol–water partition coefficient (Wildman–Crippen LogP) is 4.76. The van der Waals surface area contributed by atoms with Gasteiger partial charge < -0.3 is 14.6 Å². The summed E-state index contributed by atoms with van der Waals surface area (Å²) in [4.78, 5) is 18.0. The zero-order chi connectivity index (χ0) is 20.9. The Morgan fingerprint density at radius 2 is 2.03 bits per heavy atom. The van der Waals surface area contributed by atoms with Crippen LogP contribution in [0.25, 0.3) is 0 Å². The fraction of sp³-hybridized carbons (Fsp3) is 0.583. The first-order valence-electron chi connectivity index (χ1n) is 11.0. The maximum atomic E-state index is 13.4. The smallest absolute Gasteiger partial charge is 0.221 e. The maximum Gasteiger partial charge on any atom is 0.221 e. The van der Waals surface area contributed by atoms with Gasteiger partial charge in [0.05, 0.1) is 7.11 Å². The van der Waals surface area contributed by atoms with E-state index in [-0.39, 0.29) is 21.7 Å². The lowest BCUT2D eigenvalue weighted by Gasteiger charge is -2.60. The van der Waals surface area contributed by atoms with E-state index in [2.05, 4.69) is 26.2 Å². The molecule has 4 fully saturated rings. The lowest BCUT2D eigenvalue weighted by Crippen LogP contribution is -2.54. The number of hydrogen-bond donors (Lipinski definition) is 1. The third-order valence-electron chi connectivity index (χ3n) is 7.52. The summed E-state index contributed by atoms with van der Waals surface area (Å²) in [6, 6.07) is 7.54. The van der Waals surface area contributed by atoms with E-state index in [9.17, 15) is 4.79 Å². The Morgan fingerprint density at radius 3 is 2.67 bits per heavy atom. The molecule has 4 saturated carbocycles. The molecule has 1 N–H and O–H groups in total. The average Bonchev–Trinajstić information content (AvgIpc) is 3.09. The molecule has 6 rings (SSSR count). The molecule has 4 bridgehead atoms. The number of nitrogens with one attached hydrogen (secondary N) is 1. The van der Waals surface area contributed by atoms with Gasteiger partial charge in [-0.25, -0.2) is 4.98 Å². The van der Waals surface area contributed by atoms with Crippen LogP contribution in [0.5, 0.6) is 5.75 Å². The van der Waals surface area contributed by atoms with Gasteiger partial charge >= 0.3 is 0 Å². The molecule has 1 heterocycles. The Bertz CT molecular complexity index is 941. The molecule has 0 aliphatic heterocycles. The minimum Gasteiger partial charge on any atom is -0.496 e. The molecular formula is C24H30BrN3O2. The number of aromatic nitrogens is 2. The van der Waals surface area contributed by atoms with Crippen LogP contribution in [-0.4, -0.2) is 26.9 Å². The summed E-state index contributed by atoms with van der Waals surface area (Å²) in [5, 5.41) is 3.32. The largest absolute Gasteiger partial charge is 0.496 e. The summed E-state index contributed by atoms with van der Waals surface area (Å²) in [6.45, 7) is 0. The van der Waals surface area contributed by atoms with E-state index in [0.717, 1.165) is 35.4 Å². The molecule has 2 aromatic rings. The Hall–Kier alpha value is -1.82. The van der Waals surface area contributed by atoms with Gasteiger partial charge in [-0.2, -0.15) is 0 Å². The second kappa shape index (κ2) is 7.40. The van der Waals surface area contributed by atoms with Crippen LogP contribution in [0.2, 0.25) is 0 Å². The quantitative estimate of drug-likeness (QED) is 0.617. The number of alkyl halides is 1. The van der Waals surface area contributed by atoms with Gasteiger partial charge in [0.15, 0.2) is 0 Å². The van der Waals surface area contributed by atoms with E-state index >= 15 is 0 Å². The van der Waals surface area contributed by atoms with Gasteiger partial charge in [0.25, 0.3) is 0 Å². The number of imidazole rings is 1. The molecule has 1 aromatic heterocycles. The second-order valence-electron chi connectivity index (χ2n) is 9.93. The minimum absolute atomic E-state index is 0.118. The van der Waals surface area contributed by atoms with Crippen LogP contribution in [-0.2, 0) is 11.8 Å². The monoisotopic (exact) mass is 471 g/mol.